The Labute approximate surface area is 389 Å². The van der Waals surface area contributed by atoms with Crippen LogP contribution < -0.4 is 0 Å². The zero-order chi connectivity index (χ0) is 45.2. The fourth-order valence-electron chi connectivity index (χ4n) is 7.74. The number of phenols is 3. The van der Waals surface area contributed by atoms with Crippen molar-refractivity contribution in [1.29, 1.82) is 0 Å². The molecule has 0 saturated heterocycles. The van der Waals surface area contributed by atoms with Gasteiger partial charge in [0.2, 0.25) is 0 Å². The van der Waals surface area contributed by atoms with E-state index in [9.17, 15) is 15.3 Å². The number of allylic oxidation sites excluding steroid dienone is 4. The smallest absolute Gasteiger partial charge is 0.123 e. The molecule has 0 amide bonds. The molecule has 0 fully saturated rings. The van der Waals surface area contributed by atoms with Gasteiger partial charge in [-0.2, -0.15) is 11.1 Å². The fourth-order valence-corrected chi connectivity index (χ4v) is 7.74. The summed E-state index contributed by atoms with van der Waals surface area (Å²) >= 11 is 0. The monoisotopic (exact) mass is 861 g/mol. The molecule has 324 valence electrons. The minimum absolute atomic E-state index is 0. The van der Waals surface area contributed by atoms with Crippen molar-refractivity contribution in [3.8, 4) is 50.6 Å². The van der Waals surface area contributed by atoms with Gasteiger partial charge in [-0.15, -0.1) is 6.92 Å². The summed E-state index contributed by atoms with van der Waals surface area (Å²) in [5.41, 5.74) is 17.9. The van der Waals surface area contributed by atoms with Crippen molar-refractivity contribution in [1.82, 2.24) is 0 Å². The van der Waals surface area contributed by atoms with Crippen LogP contribution in [0.15, 0.2) is 144 Å². The molecule has 0 spiro atoms. The van der Waals surface area contributed by atoms with Gasteiger partial charge in [0.1, 0.15) is 17.2 Å². The molecule has 4 heteroatoms. The van der Waals surface area contributed by atoms with Crippen LogP contribution >= 0.6 is 0 Å². The van der Waals surface area contributed by atoms with Gasteiger partial charge in [0.25, 0.3) is 0 Å². The number of hydrogen-bond donors (Lipinski definition) is 3. The van der Waals surface area contributed by atoms with Gasteiger partial charge in [0.05, 0.1) is 0 Å². The van der Waals surface area contributed by atoms with Crippen molar-refractivity contribution in [3.05, 3.63) is 184 Å². The largest absolute Gasteiger partial charge is 0.507 e. The van der Waals surface area contributed by atoms with Crippen LogP contribution in [0.4, 0.5) is 0 Å². The minimum Gasteiger partial charge on any atom is -0.507 e. The summed E-state index contributed by atoms with van der Waals surface area (Å²) in [6, 6.07) is 42.0. The maximum Gasteiger partial charge on any atom is 0.123 e. The molecule has 7 rings (SSSR count). The van der Waals surface area contributed by atoms with E-state index in [2.05, 4.69) is 119 Å². The number of aromatic hydroxyl groups is 3. The second kappa shape index (κ2) is 22.8. The quantitative estimate of drug-likeness (QED) is 0.115. The first kappa shape index (κ1) is 51.3. The number of rotatable bonds is 6. The molecule has 6 aromatic rings. The minimum atomic E-state index is 0. The summed E-state index contributed by atoms with van der Waals surface area (Å²) in [5, 5.41) is 30.0. The van der Waals surface area contributed by atoms with Gasteiger partial charge in [-0.05, 0) is 108 Å². The van der Waals surface area contributed by atoms with E-state index < -0.39 is 0 Å². The van der Waals surface area contributed by atoms with E-state index >= 15 is 0 Å². The summed E-state index contributed by atoms with van der Waals surface area (Å²) in [4.78, 5) is 0. The Morgan fingerprint density at radius 3 is 0.887 bits per heavy atom. The molecule has 0 heterocycles. The van der Waals surface area contributed by atoms with Crippen molar-refractivity contribution in [2.45, 2.75) is 115 Å². The standard InChI is InChI=1S/3C16H18O.C10H15.Ti/c3*1-11(2)13-6-4-5-7-14(13)15-10-12(3)8-9-16(15)17;1-7-6-10(4,5)9(3)8(7)2;/h3*4-11,17H,1-3H3;1-5H3;/q;;;-1;. The van der Waals surface area contributed by atoms with E-state index in [1.807, 2.05) is 93.6 Å². The Morgan fingerprint density at radius 1 is 0.403 bits per heavy atom. The van der Waals surface area contributed by atoms with Crippen molar-refractivity contribution < 1.29 is 37.0 Å². The first-order chi connectivity index (χ1) is 28.7. The van der Waals surface area contributed by atoms with E-state index in [4.69, 9.17) is 0 Å². The van der Waals surface area contributed by atoms with Gasteiger partial charge < -0.3 is 15.3 Å². The molecule has 0 saturated carbocycles. The number of phenolic OH excluding ortho intramolecular Hbond substituents is 3. The van der Waals surface area contributed by atoms with Crippen molar-refractivity contribution in [2.24, 2.45) is 5.41 Å². The molecule has 62 heavy (non-hydrogen) atoms. The number of hydrogen-bond acceptors (Lipinski definition) is 3. The molecule has 1 aliphatic carbocycles. The average molecular weight is 862 g/mol. The zero-order valence-corrected chi connectivity index (χ0v) is 41.3. The normalized spacial score (nSPS) is 12.7. The van der Waals surface area contributed by atoms with E-state index in [0.717, 1.165) is 50.1 Å². The summed E-state index contributed by atoms with van der Waals surface area (Å²) in [6.07, 6.45) is 3.44. The fraction of sp³-hybridized carbons (Fsp3) is 0.310. The molecular formula is C58H69O3Ti-. The molecule has 0 unspecified atom stereocenters. The number of benzene rings is 6. The second-order valence-corrected chi connectivity index (χ2v) is 17.9. The van der Waals surface area contributed by atoms with Gasteiger partial charge in [0, 0.05) is 38.4 Å². The van der Waals surface area contributed by atoms with Crippen molar-refractivity contribution in [2.75, 3.05) is 0 Å². The molecule has 0 radical (unpaired) electrons. The molecule has 0 bridgehead atoms. The second-order valence-electron chi connectivity index (χ2n) is 17.9. The molecule has 3 nitrogen and oxygen atoms in total. The van der Waals surface area contributed by atoms with Crippen LogP contribution in [0.2, 0.25) is 0 Å². The van der Waals surface area contributed by atoms with Gasteiger partial charge in [-0.1, -0.05) is 182 Å². The van der Waals surface area contributed by atoms with Crippen LogP contribution in [-0.4, -0.2) is 15.3 Å². The van der Waals surface area contributed by atoms with E-state index in [0.29, 0.717) is 35.0 Å². The van der Waals surface area contributed by atoms with Crippen LogP contribution in [-0.2, 0) is 21.7 Å². The van der Waals surface area contributed by atoms with Gasteiger partial charge in [-0.25, -0.2) is 5.57 Å². The summed E-state index contributed by atoms with van der Waals surface area (Å²) in [7, 11) is 0. The predicted molar refractivity (Wildman–Crippen MR) is 262 cm³/mol. The van der Waals surface area contributed by atoms with Crippen LogP contribution in [0.1, 0.15) is 127 Å². The zero-order valence-electron chi connectivity index (χ0n) is 39.7. The Morgan fingerprint density at radius 2 is 0.677 bits per heavy atom. The third kappa shape index (κ3) is 13.2. The Kier molecular flexibility index (Phi) is 18.9. The topological polar surface area (TPSA) is 60.7 Å². The van der Waals surface area contributed by atoms with Crippen LogP contribution in [0, 0.1) is 32.3 Å². The first-order valence-corrected chi connectivity index (χ1v) is 21.7. The maximum atomic E-state index is 9.99. The van der Waals surface area contributed by atoms with Crippen molar-refractivity contribution in [3.63, 3.8) is 0 Å². The summed E-state index contributed by atoms with van der Waals surface area (Å²) in [5.74, 6) is 2.40. The van der Waals surface area contributed by atoms with Gasteiger partial charge in [0.15, 0.2) is 0 Å². The van der Waals surface area contributed by atoms with Crippen LogP contribution in [0.5, 0.6) is 17.2 Å². The Balaban J connectivity index is 0.000000223. The molecule has 3 N–H and O–H groups in total. The predicted octanol–water partition coefficient (Wildman–Crippen LogP) is 16.6. The SMILES string of the molecule is CC1=[C-]C(C)(C)C(C)=C1C.Cc1ccc(O)c(-c2ccccc2C(C)C)c1.Cc1ccc(O)c(-c2ccccc2C(C)C)c1.Cc1ccc(O)c(-c2ccccc2C(C)C)c1.[Ti]. The van der Waals surface area contributed by atoms with Crippen LogP contribution in [0.25, 0.3) is 33.4 Å². The third-order valence-corrected chi connectivity index (χ3v) is 11.6. The molecule has 0 atom stereocenters. The Hall–Kier alpha value is -5.09. The molecule has 0 aliphatic heterocycles. The molecule has 0 aromatic heterocycles. The van der Waals surface area contributed by atoms with E-state index in [1.165, 1.54) is 33.4 Å². The summed E-state index contributed by atoms with van der Waals surface area (Å²) < 4.78 is 0. The average Bonchev–Trinajstić information content (AvgIpc) is 3.41. The van der Waals surface area contributed by atoms with Gasteiger partial charge in [-0.3, -0.25) is 6.08 Å². The van der Waals surface area contributed by atoms with Crippen LogP contribution in [0.3, 0.4) is 0 Å². The van der Waals surface area contributed by atoms with Crippen molar-refractivity contribution >= 4 is 0 Å². The number of aryl methyl sites for hydroxylation is 3. The van der Waals surface area contributed by atoms with E-state index in [-0.39, 0.29) is 27.1 Å². The van der Waals surface area contributed by atoms with E-state index in [1.54, 1.807) is 18.2 Å². The first-order valence-electron chi connectivity index (χ1n) is 21.7. The molecular weight excluding hydrogens is 793 g/mol. The third-order valence-electron chi connectivity index (χ3n) is 11.6. The maximum absolute atomic E-state index is 9.99. The summed E-state index contributed by atoms with van der Waals surface area (Å²) in [6.45, 7) is 30.1. The molecule has 6 aromatic carbocycles. The van der Waals surface area contributed by atoms with Gasteiger partial charge >= 0.3 is 0 Å². The Bertz CT molecular complexity index is 2240. The molecule has 1 aliphatic rings.